The van der Waals surface area contributed by atoms with Gasteiger partial charge < -0.3 is 10.2 Å². The Morgan fingerprint density at radius 2 is 1.96 bits per heavy atom. The predicted molar refractivity (Wildman–Crippen MR) is 97.7 cm³/mol. The highest BCUT2D eigenvalue weighted by molar-refractivity contribution is 6.31. The fraction of sp³-hybridized carbons (Fsp3) is 0.333. The summed E-state index contributed by atoms with van der Waals surface area (Å²) in [4.78, 5) is 7.23. The predicted octanol–water partition coefficient (Wildman–Crippen LogP) is 3.24. The summed E-state index contributed by atoms with van der Waals surface area (Å²) in [5.41, 5.74) is 2.88. The molecule has 1 aliphatic rings. The summed E-state index contributed by atoms with van der Waals surface area (Å²) in [6, 6.07) is 10.8. The molecule has 6 heteroatoms. The molecule has 4 heterocycles. The Balaban J connectivity index is 1.73. The van der Waals surface area contributed by atoms with Crippen LogP contribution in [0.1, 0.15) is 13.8 Å². The van der Waals surface area contributed by atoms with E-state index in [4.69, 9.17) is 16.6 Å². The summed E-state index contributed by atoms with van der Waals surface area (Å²) < 4.78 is 1.82. The third-order valence-electron chi connectivity index (χ3n) is 4.38. The Bertz CT molecular complexity index is 865. The monoisotopic (exact) mass is 341 g/mol. The minimum absolute atomic E-state index is 0.454. The number of fused-ring (bicyclic) bond motifs is 1. The number of rotatable bonds is 2. The zero-order valence-corrected chi connectivity index (χ0v) is 14.5. The second-order valence-corrected chi connectivity index (χ2v) is 6.92. The first-order valence-corrected chi connectivity index (χ1v) is 8.59. The fourth-order valence-electron chi connectivity index (χ4n) is 3.42. The van der Waals surface area contributed by atoms with Crippen LogP contribution < -0.4 is 10.2 Å². The molecule has 0 radical (unpaired) electrons. The van der Waals surface area contributed by atoms with Crippen molar-refractivity contribution in [2.45, 2.75) is 25.9 Å². The van der Waals surface area contributed by atoms with E-state index >= 15 is 0 Å². The van der Waals surface area contributed by atoms with Gasteiger partial charge in [-0.1, -0.05) is 17.7 Å². The van der Waals surface area contributed by atoms with E-state index in [0.29, 0.717) is 17.1 Å². The molecule has 1 N–H and O–H groups in total. The minimum atomic E-state index is 0.454. The molecule has 0 saturated carbocycles. The first kappa shape index (κ1) is 15.4. The van der Waals surface area contributed by atoms with Crippen LogP contribution >= 0.6 is 11.6 Å². The average Bonchev–Trinajstić information content (AvgIpc) is 2.97. The van der Waals surface area contributed by atoms with E-state index in [1.54, 1.807) is 0 Å². The van der Waals surface area contributed by atoms with Gasteiger partial charge in [-0.3, -0.25) is 0 Å². The summed E-state index contributed by atoms with van der Waals surface area (Å²) in [5, 5.41) is 8.65. The van der Waals surface area contributed by atoms with E-state index in [9.17, 15) is 0 Å². The number of piperazine rings is 1. The lowest BCUT2D eigenvalue weighted by atomic mass is 10.1. The van der Waals surface area contributed by atoms with Crippen molar-refractivity contribution in [2.24, 2.45) is 0 Å². The quantitative estimate of drug-likeness (QED) is 0.777. The first-order chi connectivity index (χ1) is 11.6. The maximum Gasteiger partial charge on any atom is 0.129 e. The molecule has 2 atom stereocenters. The highest BCUT2D eigenvalue weighted by Crippen LogP contribution is 2.27. The number of hydrogen-bond acceptors (Lipinski definition) is 4. The summed E-state index contributed by atoms with van der Waals surface area (Å²) in [6.07, 6.45) is 3.71. The largest absolute Gasteiger partial charge is 0.353 e. The molecule has 3 aromatic rings. The molecular weight excluding hydrogens is 322 g/mol. The summed E-state index contributed by atoms with van der Waals surface area (Å²) in [5.74, 6) is 1.01. The molecule has 5 nitrogen and oxygen atoms in total. The Labute approximate surface area is 146 Å². The highest BCUT2D eigenvalue weighted by Gasteiger charge is 2.22. The molecule has 0 aliphatic carbocycles. The Morgan fingerprint density at radius 1 is 1.17 bits per heavy atom. The number of nitrogens with zero attached hydrogens (tertiary/aromatic N) is 4. The van der Waals surface area contributed by atoms with Crippen molar-refractivity contribution in [3.8, 4) is 11.3 Å². The van der Waals surface area contributed by atoms with Gasteiger partial charge >= 0.3 is 0 Å². The number of nitrogens with one attached hydrogen (secondary N) is 1. The molecular formula is C18H20ClN5. The van der Waals surface area contributed by atoms with Crippen LogP contribution in [0.4, 0.5) is 5.82 Å². The summed E-state index contributed by atoms with van der Waals surface area (Å²) in [6.45, 7) is 6.34. The number of pyridine rings is 2. The molecule has 1 aliphatic heterocycles. The van der Waals surface area contributed by atoms with Crippen molar-refractivity contribution < 1.29 is 0 Å². The van der Waals surface area contributed by atoms with E-state index in [2.05, 4.69) is 41.3 Å². The lowest BCUT2D eigenvalue weighted by Gasteiger charge is -2.37. The van der Waals surface area contributed by atoms with E-state index in [0.717, 1.165) is 35.7 Å². The van der Waals surface area contributed by atoms with Crippen LogP contribution in [0.15, 0.2) is 42.7 Å². The van der Waals surface area contributed by atoms with Crippen molar-refractivity contribution in [1.29, 1.82) is 0 Å². The highest BCUT2D eigenvalue weighted by atomic mass is 35.5. The van der Waals surface area contributed by atoms with Gasteiger partial charge in [0.1, 0.15) is 5.82 Å². The Morgan fingerprint density at radius 3 is 2.75 bits per heavy atom. The van der Waals surface area contributed by atoms with Gasteiger partial charge in [-0.05, 0) is 38.1 Å². The van der Waals surface area contributed by atoms with Crippen LogP contribution in [0, 0.1) is 0 Å². The molecule has 124 valence electrons. The molecule has 0 aromatic carbocycles. The molecule has 24 heavy (non-hydrogen) atoms. The van der Waals surface area contributed by atoms with Gasteiger partial charge in [0.05, 0.1) is 17.4 Å². The number of aromatic nitrogens is 3. The van der Waals surface area contributed by atoms with E-state index in [1.807, 2.05) is 35.1 Å². The second-order valence-electron chi connectivity index (χ2n) is 6.49. The Hall–Kier alpha value is -2.11. The van der Waals surface area contributed by atoms with Crippen LogP contribution in [-0.2, 0) is 0 Å². The van der Waals surface area contributed by atoms with Crippen LogP contribution in [0.5, 0.6) is 0 Å². The standard InChI is InChI=1S/C18H20ClN5/c1-12-10-23(11-13(2)21-12)18-5-3-4-16(22-18)15-9-20-24-7-6-14(19)8-17(15)24/h3-9,12-13,21H,10-11H2,1-2H3/t12-,13+. The van der Waals surface area contributed by atoms with Crippen LogP contribution in [0.25, 0.3) is 16.8 Å². The molecule has 1 saturated heterocycles. The smallest absolute Gasteiger partial charge is 0.129 e. The Kier molecular flexibility index (Phi) is 3.90. The van der Waals surface area contributed by atoms with Crippen molar-refractivity contribution in [3.63, 3.8) is 0 Å². The van der Waals surface area contributed by atoms with Crippen molar-refractivity contribution >= 4 is 22.9 Å². The van der Waals surface area contributed by atoms with Gasteiger partial charge in [-0.2, -0.15) is 5.10 Å². The summed E-state index contributed by atoms with van der Waals surface area (Å²) in [7, 11) is 0. The van der Waals surface area contributed by atoms with E-state index in [-0.39, 0.29) is 0 Å². The molecule has 3 aromatic heterocycles. The van der Waals surface area contributed by atoms with Crippen molar-refractivity contribution in [2.75, 3.05) is 18.0 Å². The number of halogens is 1. The van der Waals surface area contributed by atoms with Gasteiger partial charge in [0.15, 0.2) is 0 Å². The third kappa shape index (κ3) is 2.85. The molecule has 4 rings (SSSR count). The lowest BCUT2D eigenvalue weighted by molar-refractivity contribution is 0.405. The van der Waals surface area contributed by atoms with Crippen LogP contribution in [0.2, 0.25) is 5.02 Å². The SMILES string of the molecule is C[C@@H]1CN(c2cccc(-c3cnn4ccc(Cl)cc34)n2)C[C@H](C)N1. The van der Waals surface area contributed by atoms with Gasteiger partial charge in [-0.15, -0.1) is 0 Å². The second kappa shape index (κ2) is 6.07. The van der Waals surface area contributed by atoms with Crippen LogP contribution in [-0.4, -0.2) is 39.8 Å². The van der Waals surface area contributed by atoms with Crippen molar-refractivity contribution in [1.82, 2.24) is 19.9 Å². The minimum Gasteiger partial charge on any atom is -0.353 e. The maximum atomic E-state index is 6.14. The molecule has 0 spiro atoms. The topological polar surface area (TPSA) is 45.5 Å². The molecule has 0 amide bonds. The molecule has 0 bridgehead atoms. The fourth-order valence-corrected chi connectivity index (χ4v) is 3.58. The first-order valence-electron chi connectivity index (χ1n) is 8.21. The van der Waals surface area contributed by atoms with Crippen LogP contribution in [0.3, 0.4) is 0 Å². The van der Waals surface area contributed by atoms with E-state index in [1.165, 1.54) is 0 Å². The third-order valence-corrected chi connectivity index (χ3v) is 4.61. The normalized spacial score (nSPS) is 21.4. The van der Waals surface area contributed by atoms with Crippen molar-refractivity contribution in [3.05, 3.63) is 47.7 Å². The number of anilines is 1. The average molecular weight is 342 g/mol. The van der Waals surface area contributed by atoms with Gasteiger partial charge in [0.25, 0.3) is 0 Å². The number of hydrogen-bond donors (Lipinski definition) is 1. The maximum absolute atomic E-state index is 6.14. The molecule has 1 fully saturated rings. The van der Waals surface area contributed by atoms with E-state index < -0.39 is 0 Å². The zero-order valence-electron chi connectivity index (χ0n) is 13.8. The van der Waals surface area contributed by atoms with Gasteiger partial charge in [0, 0.05) is 42.0 Å². The van der Waals surface area contributed by atoms with Gasteiger partial charge in [-0.25, -0.2) is 9.50 Å². The molecule has 0 unspecified atom stereocenters. The van der Waals surface area contributed by atoms with Gasteiger partial charge in [0.2, 0.25) is 0 Å². The zero-order chi connectivity index (χ0) is 16.7. The lowest BCUT2D eigenvalue weighted by Crippen LogP contribution is -2.54. The summed E-state index contributed by atoms with van der Waals surface area (Å²) >= 11 is 6.14.